The SMILES string of the molecule is CN(C)C(=O)c1n[nH]c2c1CNC2.Cl. The summed E-state index contributed by atoms with van der Waals surface area (Å²) in [5.41, 5.74) is 2.59. The van der Waals surface area contributed by atoms with Crippen LogP contribution in [0.25, 0.3) is 0 Å². The minimum Gasteiger partial charge on any atom is -0.343 e. The molecule has 14 heavy (non-hydrogen) atoms. The van der Waals surface area contributed by atoms with Gasteiger partial charge < -0.3 is 10.2 Å². The molecule has 0 aromatic carbocycles. The number of aromatic nitrogens is 2. The quantitative estimate of drug-likeness (QED) is 0.702. The van der Waals surface area contributed by atoms with E-state index < -0.39 is 0 Å². The lowest BCUT2D eigenvalue weighted by molar-refractivity contribution is 0.0821. The van der Waals surface area contributed by atoms with Gasteiger partial charge in [0.15, 0.2) is 5.69 Å². The van der Waals surface area contributed by atoms with Crippen LogP contribution in [0.1, 0.15) is 21.7 Å². The summed E-state index contributed by atoms with van der Waals surface area (Å²) < 4.78 is 0. The maximum atomic E-state index is 11.6. The third kappa shape index (κ3) is 1.60. The fourth-order valence-corrected chi connectivity index (χ4v) is 1.44. The van der Waals surface area contributed by atoms with E-state index >= 15 is 0 Å². The zero-order valence-electron chi connectivity index (χ0n) is 8.13. The molecule has 1 aliphatic heterocycles. The van der Waals surface area contributed by atoms with Crippen molar-refractivity contribution >= 4 is 18.3 Å². The van der Waals surface area contributed by atoms with Gasteiger partial charge in [-0.1, -0.05) is 0 Å². The number of rotatable bonds is 1. The molecule has 0 unspecified atom stereocenters. The standard InChI is InChI=1S/C8H12N4O.ClH/c1-12(2)8(13)7-5-3-9-4-6(5)10-11-7;/h9H,3-4H2,1-2H3,(H,10,11);1H. The van der Waals surface area contributed by atoms with Crippen LogP contribution in [0.2, 0.25) is 0 Å². The van der Waals surface area contributed by atoms with Gasteiger partial charge in [0.25, 0.3) is 5.91 Å². The number of fused-ring (bicyclic) bond motifs is 1. The molecule has 0 fully saturated rings. The van der Waals surface area contributed by atoms with Crippen molar-refractivity contribution in [1.82, 2.24) is 20.4 Å². The Kier molecular flexibility index (Phi) is 3.13. The molecule has 0 radical (unpaired) electrons. The highest BCUT2D eigenvalue weighted by Crippen LogP contribution is 2.17. The van der Waals surface area contributed by atoms with E-state index in [0.717, 1.165) is 24.3 Å². The molecule has 0 aliphatic carbocycles. The van der Waals surface area contributed by atoms with E-state index in [0.29, 0.717) is 5.69 Å². The Morgan fingerprint density at radius 3 is 2.79 bits per heavy atom. The van der Waals surface area contributed by atoms with Gasteiger partial charge in [-0.25, -0.2) is 0 Å². The van der Waals surface area contributed by atoms with E-state index in [1.54, 1.807) is 14.1 Å². The Labute approximate surface area is 88.3 Å². The van der Waals surface area contributed by atoms with Gasteiger partial charge in [0.05, 0.1) is 5.69 Å². The van der Waals surface area contributed by atoms with Gasteiger partial charge in [-0.3, -0.25) is 9.89 Å². The molecule has 0 saturated carbocycles. The summed E-state index contributed by atoms with van der Waals surface area (Å²) in [5.74, 6) is -0.0406. The maximum absolute atomic E-state index is 11.6. The second kappa shape index (κ2) is 3.98. The molecule has 0 spiro atoms. The number of hydrogen-bond acceptors (Lipinski definition) is 3. The molecule has 1 aromatic heterocycles. The van der Waals surface area contributed by atoms with Crippen LogP contribution < -0.4 is 5.32 Å². The van der Waals surface area contributed by atoms with Crippen molar-refractivity contribution in [3.05, 3.63) is 17.0 Å². The van der Waals surface area contributed by atoms with Crippen LogP contribution in [0.5, 0.6) is 0 Å². The van der Waals surface area contributed by atoms with Crippen LogP contribution >= 0.6 is 12.4 Å². The van der Waals surface area contributed by atoms with E-state index in [1.165, 1.54) is 4.90 Å². The third-order valence-corrected chi connectivity index (χ3v) is 2.17. The summed E-state index contributed by atoms with van der Waals surface area (Å²) in [7, 11) is 3.46. The normalized spacial score (nSPS) is 13.3. The number of nitrogens with zero attached hydrogens (tertiary/aromatic N) is 2. The van der Waals surface area contributed by atoms with Crippen LogP contribution in [0.4, 0.5) is 0 Å². The molecule has 0 saturated heterocycles. The van der Waals surface area contributed by atoms with Gasteiger partial charge in [0, 0.05) is 32.7 Å². The first kappa shape index (κ1) is 11.0. The Bertz CT molecular complexity index is 347. The van der Waals surface area contributed by atoms with Crippen molar-refractivity contribution < 1.29 is 4.79 Å². The van der Waals surface area contributed by atoms with Gasteiger partial charge in [-0.05, 0) is 0 Å². The smallest absolute Gasteiger partial charge is 0.274 e. The number of carbonyl (C=O) groups is 1. The predicted octanol–water partition coefficient (Wildman–Crippen LogP) is 0.136. The van der Waals surface area contributed by atoms with Crippen molar-refractivity contribution in [3.8, 4) is 0 Å². The predicted molar refractivity (Wildman–Crippen MR) is 54.4 cm³/mol. The van der Waals surface area contributed by atoms with Crippen molar-refractivity contribution in [1.29, 1.82) is 0 Å². The van der Waals surface area contributed by atoms with Crippen molar-refractivity contribution in [3.63, 3.8) is 0 Å². The van der Waals surface area contributed by atoms with Crippen molar-refractivity contribution in [2.45, 2.75) is 13.1 Å². The topological polar surface area (TPSA) is 61.0 Å². The summed E-state index contributed by atoms with van der Waals surface area (Å²) in [4.78, 5) is 13.1. The number of amides is 1. The van der Waals surface area contributed by atoms with Gasteiger partial charge in [-0.15, -0.1) is 12.4 Å². The highest BCUT2D eigenvalue weighted by Gasteiger charge is 2.23. The summed E-state index contributed by atoms with van der Waals surface area (Å²) in [6.07, 6.45) is 0. The molecule has 78 valence electrons. The van der Waals surface area contributed by atoms with Crippen LogP contribution in [-0.2, 0) is 13.1 Å². The average molecular weight is 217 g/mol. The number of aromatic amines is 1. The fraction of sp³-hybridized carbons (Fsp3) is 0.500. The lowest BCUT2D eigenvalue weighted by Crippen LogP contribution is -2.23. The van der Waals surface area contributed by atoms with E-state index in [1.807, 2.05) is 0 Å². The molecular formula is C8H13ClN4O. The number of H-pyrrole nitrogens is 1. The van der Waals surface area contributed by atoms with Gasteiger partial charge in [0.2, 0.25) is 0 Å². The first-order valence-electron chi connectivity index (χ1n) is 4.18. The van der Waals surface area contributed by atoms with Gasteiger partial charge >= 0.3 is 0 Å². The van der Waals surface area contributed by atoms with Gasteiger partial charge in [-0.2, -0.15) is 5.10 Å². The number of nitrogens with one attached hydrogen (secondary N) is 2. The molecule has 5 nitrogen and oxygen atoms in total. The monoisotopic (exact) mass is 216 g/mol. The molecule has 2 rings (SSSR count). The lowest BCUT2D eigenvalue weighted by Gasteiger charge is -2.08. The van der Waals surface area contributed by atoms with Crippen molar-refractivity contribution in [2.75, 3.05) is 14.1 Å². The Morgan fingerprint density at radius 2 is 2.14 bits per heavy atom. The summed E-state index contributed by atoms with van der Waals surface area (Å²) in [6, 6.07) is 0. The van der Waals surface area contributed by atoms with Crippen LogP contribution in [-0.4, -0.2) is 35.1 Å². The molecule has 1 aliphatic rings. The number of hydrogen-bond donors (Lipinski definition) is 2. The highest BCUT2D eigenvalue weighted by molar-refractivity contribution is 5.93. The molecule has 2 heterocycles. The van der Waals surface area contributed by atoms with E-state index in [-0.39, 0.29) is 18.3 Å². The minimum atomic E-state index is -0.0406. The van der Waals surface area contributed by atoms with Crippen LogP contribution in [0, 0.1) is 0 Å². The molecule has 2 N–H and O–H groups in total. The van der Waals surface area contributed by atoms with Gasteiger partial charge in [0.1, 0.15) is 0 Å². The zero-order valence-corrected chi connectivity index (χ0v) is 8.94. The summed E-state index contributed by atoms with van der Waals surface area (Å²) in [5, 5.41) is 10.0. The molecule has 0 bridgehead atoms. The Balaban J connectivity index is 0.000000980. The van der Waals surface area contributed by atoms with Crippen molar-refractivity contribution in [2.24, 2.45) is 0 Å². The lowest BCUT2D eigenvalue weighted by atomic mass is 10.2. The summed E-state index contributed by atoms with van der Waals surface area (Å²) in [6.45, 7) is 1.52. The molecular weight excluding hydrogens is 204 g/mol. The highest BCUT2D eigenvalue weighted by atomic mass is 35.5. The van der Waals surface area contributed by atoms with Crippen LogP contribution in [0.3, 0.4) is 0 Å². The van der Waals surface area contributed by atoms with E-state index in [2.05, 4.69) is 15.5 Å². The fourth-order valence-electron chi connectivity index (χ4n) is 1.44. The molecule has 6 heteroatoms. The second-order valence-corrected chi connectivity index (χ2v) is 3.33. The Hall–Kier alpha value is -1.07. The zero-order chi connectivity index (χ0) is 9.42. The molecule has 0 atom stereocenters. The molecule has 1 amide bonds. The summed E-state index contributed by atoms with van der Waals surface area (Å²) >= 11 is 0. The first-order chi connectivity index (χ1) is 6.20. The second-order valence-electron chi connectivity index (χ2n) is 3.33. The average Bonchev–Trinajstić information content (AvgIpc) is 2.61. The maximum Gasteiger partial charge on any atom is 0.274 e. The van der Waals surface area contributed by atoms with E-state index in [4.69, 9.17) is 0 Å². The minimum absolute atomic E-state index is 0. The largest absolute Gasteiger partial charge is 0.343 e. The Morgan fingerprint density at radius 1 is 1.43 bits per heavy atom. The number of halogens is 1. The third-order valence-electron chi connectivity index (χ3n) is 2.17. The van der Waals surface area contributed by atoms with E-state index in [9.17, 15) is 4.79 Å². The number of carbonyl (C=O) groups excluding carboxylic acids is 1. The molecule has 1 aromatic rings. The first-order valence-corrected chi connectivity index (χ1v) is 4.18. The van der Waals surface area contributed by atoms with Crippen LogP contribution in [0.15, 0.2) is 0 Å².